The summed E-state index contributed by atoms with van der Waals surface area (Å²) >= 11 is 3.34. The highest BCUT2D eigenvalue weighted by molar-refractivity contribution is 9.10. The molecule has 0 amide bonds. The number of nitrogens with zero attached hydrogens (tertiary/aromatic N) is 1. The highest BCUT2D eigenvalue weighted by Gasteiger charge is 2.17. The lowest BCUT2D eigenvalue weighted by Crippen LogP contribution is -2.15. The van der Waals surface area contributed by atoms with Crippen LogP contribution in [0.4, 0.5) is 0 Å². The molecule has 0 aliphatic carbocycles. The Labute approximate surface area is 194 Å². The molecular formula is C27H20BrNO3. The van der Waals surface area contributed by atoms with Crippen molar-refractivity contribution < 1.29 is 14.3 Å². The van der Waals surface area contributed by atoms with E-state index in [2.05, 4.69) is 15.9 Å². The van der Waals surface area contributed by atoms with Gasteiger partial charge in [0.1, 0.15) is 0 Å². The number of esters is 1. The first-order valence-electron chi connectivity index (χ1n) is 10.1. The van der Waals surface area contributed by atoms with Crippen molar-refractivity contribution in [3.05, 3.63) is 112 Å². The SMILES string of the molecule is C/C(=C/c1ccccc1)c1cc(C(=O)OCC(=O)c2ccc(Br)cc2)c2ccccc2n1. The highest BCUT2D eigenvalue weighted by Crippen LogP contribution is 2.24. The smallest absolute Gasteiger partial charge is 0.339 e. The van der Waals surface area contributed by atoms with Crippen LogP contribution in [0.3, 0.4) is 0 Å². The van der Waals surface area contributed by atoms with Crippen molar-refractivity contribution in [2.45, 2.75) is 6.92 Å². The van der Waals surface area contributed by atoms with Crippen molar-refractivity contribution in [2.24, 2.45) is 0 Å². The molecule has 0 radical (unpaired) electrons. The molecule has 0 saturated heterocycles. The fourth-order valence-electron chi connectivity index (χ4n) is 3.35. The minimum atomic E-state index is -0.553. The molecule has 158 valence electrons. The minimum absolute atomic E-state index is 0.260. The van der Waals surface area contributed by atoms with Crippen molar-refractivity contribution in [2.75, 3.05) is 6.61 Å². The van der Waals surface area contributed by atoms with Crippen LogP contribution in [-0.2, 0) is 4.74 Å². The lowest BCUT2D eigenvalue weighted by Gasteiger charge is -2.10. The fourth-order valence-corrected chi connectivity index (χ4v) is 3.61. The normalized spacial score (nSPS) is 11.4. The van der Waals surface area contributed by atoms with Crippen molar-refractivity contribution in [1.82, 2.24) is 4.98 Å². The number of fused-ring (bicyclic) bond motifs is 1. The summed E-state index contributed by atoms with van der Waals surface area (Å²) in [5, 5.41) is 0.685. The van der Waals surface area contributed by atoms with Crippen LogP contribution < -0.4 is 0 Å². The van der Waals surface area contributed by atoms with E-state index < -0.39 is 5.97 Å². The predicted octanol–water partition coefficient (Wildman–Crippen LogP) is 6.60. The molecule has 4 aromatic rings. The number of halogens is 1. The number of hydrogen-bond donors (Lipinski definition) is 0. The van der Waals surface area contributed by atoms with Gasteiger partial charge in [0.15, 0.2) is 12.4 Å². The Morgan fingerprint density at radius 3 is 2.38 bits per heavy atom. The van der Waals surface area contributed by atoms with Gasteiger partial charge in [-0.05, 0) is 48.4 Å². The quantitative estimate of drug-likeness (QED) is 0.228. The predicted molar refractivity (Wildman–Crippen MR) is 130 cm³/mol. The lowest BCUT2D eigenvalue weighted by atomic mass is 10.0. The molecule has 0 aliphatic rings. The van der Waals surface area contributed by atoms with E-state index in [1.165, 1.54) is 0 Å². The third-order valence-corrected chi connectivity index (χ3v) is 5.55. The van der Waals surface area contributed by atoms with Crippen molar-refractivity contribution in [3.8, 4) is 0 Å². The van der Waals surface area contributed by atoms with Crippen LogP contribution >= 0.6 is 15.9 Å². The average molecular weight is 486 g/mol. The van der Waals surface area contributed by atoms with Crippen LogP contribution in [-0.4, -0.2) is 23.3 Å². The number of aromatic nitrogens is 1. The zero-order valence-electron chi connectivity index (χ0n) is 17.4. The number of pyridine rings is 1. The first-order chi connectivity index (χ1) is 15.5. The molecule has 0 N–H and O–H groups in total. The van der Waals surface area contributed by atoms with Crippen LogP contribution in [0.5, 0.6) is 0 Å². The number of benzene rings is 3. The number of rotatable bonds is 6. The van der Waals surface area contributed by atoms with E-state index in [0.29, 0.717) is 27.7 Å². The standard InChI is InChI=1S/C27H20BrNO3/c1-18(15-19-7-3-2-4-8-19)25-16-23(22-9-5-6-10-24(22)29-25)27(31)32-17-26(30)20-11-13-21(28)14-12-20/h2-16H,17H2,1H3/b18-15-. The van der Waals surface area contributed by atoms with Gasteiger partial charge >= 0.3 is 5.97 Å². The average Bonchev–Trinajstić information content (AvgIpc) is 2.82. The molecule has 0 unspecified atom stereocenters. The third-order valence-electron chi connectivity index (χ3n) is 5.02. The van der Waals surface area contributed by atoms with E-state index in [1.54, 1.807) is 30.3 Å². The molecule has 3 aromatic carbocycles. The van der Waals surface area contributed by atoms with Gasteiger partial charge in [0.05, 0.1) is 16.8 Å². The van der Waals surface area contributed by atoms with Crippen LogP contribution in [0.15, 0.2) is 89.4 Å². The fraction of sp³-hybridized carbons (Fsp3) is 0.0741. The summed E-state index contributed by atoms with van der Waals surface area (Å²) in [4.78, 5) is 30.1. The second-order valence-electron chi connectivity index (χ2n) is 7.32. The van der Waals surface area contributed by atoms with E-state index in [9.17, 15) is 9.59 Å². The zero-order chi connectivity index (χ0) is 22.5. The number of para-hydroxylation sites is 1. The number of Topliss-reactive ketones (excluding diaryl/α,β-unsaturated/α-hetero) is 1. The Bertz CT molecular complexity index is 1310. The van der Waals surface area contributed by atoms with Crippen LogP contribution in [0, 0.1) is 0 Å². The number of allylic oxidation sites excluding steroid dienone is 1. The first kappa shape index (κ1) is 21.7. The molecule has 0 atom stereocenters. The van der Waals surface area contributed by atoms with E-state index in [-0.39, 0.29) is 12.4 Å². The molecule has 0 spiro atoms. The van der Waals surface area contributed by atoms with E-state index in [0.717, 1.165) is 15.6 Å². The summed E-state index contributed by atoms with van der Waals surface area (Å²) in [6, 6.07) is 26.0. The summed E-state index contributed by atoms with van der Waals surface area (Å²) in [6.45, 7) is 1.63. The molecule has 4 rings (SSSR count). The molecule has 0 bridgehead atoms. The second kappa shape index (κ2) is 9.71. The highest BCUT2D eigenvalue weighted by atomic mass is 79.9. The maximum absolute atomic E-state index is 13.0. The van der Waals surface area contributed by atoms with E-state index >= 15 is 0 Å². The Morgan fingerprint density at radius 2 is 1.62 bits per heavy atom. The van der Waals surface area contributed by atoms with Crippen LogP contribution in [0.25, 0.3) is 22.6 Å². The number of hydrogen-bond acceptors (Lipinski definition) is 4. The molecule has 1 heterocycles. The van der Waals surface area contributed by atoms with Crippen molar-refractivity contribution in [1.29, 1.82) is 0 Å². The monoisotopic (exact) mass is 485 g/mol. The van der Waals surface area contributed by atoms with Gasteiger partial charge in [0, 0.05) is 15.4 Å². The zero-order valence-corrected chi connectivity index (χ0v) is 19.0. The van der Waals surface area contributed by atoms with Gasteiger partial charge in [-0.3, -0.25) is 4.79 Å². The van der Waals surface area contributed by atoms with Gasteiger partial charge in [-0.25, -0.2) is 9.78 Å². The topological polar surface area (TPSA) is 56.3 Å². The van der Waals surface area contributed by atoms with Crippen LogP contribution in [0.2, 0.25) is 0 Å². The number of carbonyl (C=O) groups is 2. The van der Waals surface area contributed by atoms with Gasteiger partial charge in [-0.2, -0.15) is 0 Å². The van der Waals surface area contributed by atoms with Gasteiger partial charge < -0.3 is 4.74 Å². The van der Waals surface area contributed by atoms with Gasteiger partial charge in [-0.1, -0.05) is 76.6 Å². The molecule has 4 nitrogen and oxygen atoms in total. The second-order valence-corrected chi connectivity index (χ2v) is 8.23. The maximum Gasteiger partial charge on any atom is 0.339 e. The molecule has 0 aliphatic heterocycles. The maximum atomic E-state index is 13.0. The number of ether oxygens (including phenoxy) is 1. The van der Waals surface area contributed by atoms with E-state index in [4.69, 9.17) is 9.72 Å². The number of carbonyl (C=O) groups excluding carboxylic acids is 2. The Balaban J connectivity index is 1.62. The number of ketones is 1. The summed E-state index contributed by atoms with van der Waals surface area (Å²) in [6.07, 6.45) is 2.02. The molecule has 0 fully saturated rings. The molecule has 5 heteroatoms. The molecule has 1 aromatic heterocycles. The Morgan fingerprint density at radius 1 is 0.938 bits per heavy atom. The minimum Gasteiger partial charge on any atom is -0.454 e. The summed E-state index contributed by atoms with van der Waals surface area (Å²) in [5.74, 6) is -0.813. The van der Waals surface area contributed by atoms with Gasteiger partial charge in [0.2, 0.25) is 0 Å². The molecule has 0 saturated carbocycles. The summed E-state index contributed by atoms with van der Waals surface area (Å²) in [7, 11) is 0. The lowest BCUT2D eigenvalue weighted by molar-refractivity contribution is 0.0476. The summed E-state index contributed by atoms with van der Waals surface area (Å²) < 4.78 is 6.26. The van der Waals surface area contributed by atoms with E-state index in [1.807, 2.05) is 67.6 Å². The van der Waals surface area contributed by atoms with Gasteiger partial charge in [0.25, 0.3) is 0 Å². The largest absolute Gasteiger partial charge is 0.454 e. The van der Waals surface area contributed by atoms with Crippen molar-refractivity contribution in [3.63, 3.8) is 0 Å². The molecular weight excluding hydrogens is 466 g/mol. The van der Waals surface area contributed by atoms with Crippen molar-refractivity contribution >= 4 is 50.2 Å². The first-order valence-corrected chi connectivity index (χ1v) is 10.9. The van der Waals surface area contributed by atoms with Crippen LogP contribution in [0.1, 0.15) is 38.9 Å². The Hall–Kier alpha value is -3.57. The Kier molecular flexibility index (Phi) is 6.57. The molecule has 32 heavy (non-hydrogen) atoms. The van der Waals surface area contributed by atoms with Gasteiger partial charge in [-0.15, -0.1) is 0 Å². The third kappa shape index (κ3) is 5.01. The summed E-state index contributed by atoms with van der Waals surface area (Å²) in [5.41, 5.74) is 4.21.